The van der Waals surface area contributed by atoms with Gasteiger partial charge in [-0.3, -0.25) is 4.79 Å². The maximum Gasteiger partial charge on any atom is 0.303 e. The molecule has 3 aromatic carbocycles. The van der Waals surface area contributed by atoms with Gasteiger partial charge in [-0.2, -0.15) is 0 Å². The number of carboxylic acid groups (broad SMARTS) is 1. The van der Waals surface area contributed by atoms with Crippen molar-refractivity contribution in [3.8, 4) is 22.6 Å². The molecule has 0 amide bonds. The Balaban J connectivity index is 1.98. The molecule has 39 heavy (non-hydrogen) atoms. The lowest BCUT2D eigenvalue weighted by Gasteiger charge is -2.32. The van der Waals surface area contributed by atoms with Gasteiger partial charge >= 0.3 is 5.97 Å². The van der Waals surface area contributed by atoms with E-state index in [1.54, 1.807) is 26.4 Å². The van der Waals surface area contributed by atoms with Crippen LogP contribution in [0.1, 0.15) is 68.7 Å². The molecule has 0 radical (unpaired) electrons. The lowest BCUT2D eigenvalue weighted by molar-refractivity contribution is -0.137. The fraction of sp³-hybridized carbons (Fsp3) is 0.364. The van der Waals surface area contributed by atoms with Crippen LogP contribution in [0, 0.1) is 11.2 Å². The van der Waals surface area contributed by atoms with E-state index in [0.717, 1.165) is 29.5 Å². The third kappa shape index (κ3) is 7.48. The van der Waals surface area contributed by atoms with E-state index in [-0.39, 0.29) is 24.8 Å². The van der Waals surface area contributed by atoms with Crippen LogP contribution in [0.5, 0.6) is 11.5 Å². The monoisotopic (exact) mass is 534 g/mol. The van der Waals surface area contributed by atoms with E-state index < -0.39 is 17.5 Å². The molecule has 0 unspecified atom stereocenters. The molecule has 3 aromatic rings. The molecule has 0 saturated heterocycles. The smallest absolute Gasteiger partial charge is 0.303 e. The van der Waals surface area contributed by atoms with Crippen LogP contribution >= 0.6 is 0 Å². The molecule has 0 saturated carbocycles. The van der Waals surface area contributed by atoms with Crippen LogP contribution in [-0.2, 0) is 16.1 Å². The van der Waals surface area contributed by atoms with E-state index in [2.05, 4.69) is 13.5 Å². The normalized spacial score (nSPS) is 13.0. The van der Waals surface area contributed by atoms with Gasteiger partial charge in [-0.15, -0.1) is 6.58 Å². The van der Waals surface area contributed by atoms with E-state index in [1.165, 1.54) is 6.07 Å². The van der Waals surface area contributed by atoms with Crippen molar-refractivity contribution >= 4 is 5.97 Å². The Morgan fingerprint density at radius 1 is 1.05 bits per heavy atom. The highest BCUT2D eigenvalue weighted by molar-refractivity contribution is 5.71. The number of ether oxygens (including phenoxy) is 3. The SMILES string of the molecule is C=CC(C)(C)[C@@H](OC)c1cc(COc2cccc([C@H](CCC)CC(=O)O)c2)ccc1-c1cc(OC)ccc1F. The zero-order valence-corrected chi connectivity index (χ0v) is 23.5. The number of hydrogen-bond donors (Lipinski definition) is 1. The molecule has 0 aliphatic rings. The van der Waals surface area contributed by atoms with E-state index in [9.17, 15) is 9.90 Å². The number of hydrogen-bond acceptors (Lipinski definition) is 4. The third-order valence-corrected chi connectivity index (χ3v) is 7.09. The highest BCUT2D eigenvalue weighted by atomic mass is 19.1. The predicted molar refractivity (Wildman–Crippen MR) is 153 cm³/mol. The maximum absolute atomic E-state index is 15.0. The van der Waals surface area contributed by atoms with Crippen LogP contribution < -0.4 is 9.47 Å². The largest absolute Gasteiger partial charge is 0.497 e. The highest BCUT2D eigenvalue weighted by Crippen LogP contribution is 2.43. The second kappa shape index (κ2) is 13.4. The third-order valence-electron chi connectivity index (χ3n) is 7.09. The molecule has 1 N–H and O–H groups in total. The molecule has 6 heteroatoms. The van der Waals surface area contributed by atoms with Crippen LogP contribution in [0.25, 0.3) is 11.1 Å². The van der Waals surface area contributed by atoms with Crippen LogP contribution in [0.4, 0.5) is 4.39 Å². The summed E-state index contributed by atoms with van der Waals surface area (Å²) in [5.41, 5.74) is 3.34. The molecule has 3 rings (SSSR count). The number of methoxy groups -OCH3 is 2. The molecule has 0 aliphatic carbocycles. The Hall–Kier alpha value is -3.64. The molecule has 2 atom stereocenters. The Morgan fingerprint density at radius 3 is 2.46 bits per heavy atom. The summed E-state index contributed by atoms with van der Waals surface area (Å²) in [6.07, 6.45) is 3.21. The summed E-state index contributed by atoms with van der Waals surface area (Å²) in [5.74, 6) is -0.00513. The van der Waals surface area contributed by atoms with Crippen molar-refractivity contribution in [1.82, 2.24) is 0 Å². The van der Waals surface area contributed by atoms with Crippen molar-refractivity contribution in [2.75, 3.05) is 14.2 Å². The van der Waals surface area contributed by atoms with Crippen molar-refractivity contribution in [1.29, 1.82) is 0 Å². The van der Waals surface area contributed by atoms with E-state index in [1.807, 2.05) is 62.4 Å². The second-order valence-electron chi connectivity index (χ2n) is 10.4. The molecular formula is C33H39FO5. The number of benzene rings is 3. The molecule has 0 aliphatic heterocycles. The molecule has 208 valence electrons. The molecular weight excluding hydrogens is 495 g/mol. The summed E-state index contributed by atoms with van der Waals surface area (Å²) in [4.78, 5) is 11.4. The standard InChI is InChI=1S/C33H39FO5/c1-7-10-23(19-31(35)36)24-11-9-12-26(18-24)39-21-22-13-15-27(28-20-25(37-5)14-16-30(28)34)29(17-22)32(38-6)33(3,4)8-2/h8-9,11-18,20,23,32H,2,7,10,19,21H2,1,3-6H3,(H,35,36)/t23-,32+/m1/s1. The van der Waals surface area contributed by atoms with E-state index in [0.29, 0.717) is 22.6 Å². The van der Waals surface area contributed by atoms with Crippen molar-refractivity contribution in [3.63, 3.8) is 0 Å². The van der Waals surface area contributed by atoms with Crippen LogP contribution in [0.2, 0.25) is 0 Å². The van der Waals surface area contributed by atoms with Gasteiger partial charge < -0.3 is 19.3 Å². The summed E-state index contributed by atoms with van der Waals surface area (Å²) >= 11 is 0. The zero-order valence-electron chi connectivity index (χ0n) is 23.5. The van der Waals surface area contributed by atoms with Gasteiger partial charge in [-0.25, -0.2) is 4.39 Å². The first kappa shape index (κ1) is 29.9. The van der Waals surface area contributed by atoms with Gasteiger partial charge in [-0.1, -0.05) is 57.5 Å². The highest BCUT2D eigenvalue weighted by Gasteiger charge is 2.31. The average molecular weight is 535 g/mol. The van der Waals surface area contributed by atoms with Crippen molar-refractivity contribution in [2.45, 2.75) is 58.7 Å². The number of carboxylic acids is 1. The van der Waals surface area contributed by atoms with Gasteiger partial charge in [0.15, 0.2) is 0 Å². The molecule has 0 spiro atoms. The van der Waals surface area contributed by atoms with E-state index >= 15 is 4.39 Å². The summed E-state index contributed by atoms with van der Waals surface area (Å²) in [6.45, 7) is 10.4. The fourth-order valence-electron chi connectivity index (χ4n) is 4.91. The van der Waals surface area contributed by atoms with Gasteiger partial charge in [-0.05, 0) is 71.0 Å². The molecule has 0 bridgehead atoms. The Labute approximate surface area is 231 Å². The first-order valence-electron chi connectivity index (χ1n) is 13.2. The Bertz CT molecular complexity index is 1280. The van der Waals surface area contributed by atoms with Crippen LogP contribution in [-0.4, -0.2) is 25.3 Å². The number of rotatable bonds is 14. The first-order chi connectivity index (χ1) is 18.6. The first-order valence-corrected chi connectivity index (χ1v) is 13.2. The minimum Gasteiger partial charge on any atom is -0.497 e. The summed E-state index contributed by atoms with van der Waals surface area (Å²) in [6, 6.07) is 18.1. The number of carbonyl (C=O) groups is 1. The van der Waals surface area contributed by atoms with Gasteiger partial charge in [0.25, 0.3) is 0 Å². The second-order valence-corrected chi connectivity index (χ2v) is 10.4. The van der Waals surface area contributed by atoms with Crippen LogP contribution in [0.15, 0.2) is 73.3 Å². The average Bonchev–Trinajstić information content (AvgIpc) is 2.92. The van der Waals surface area contributed by atoms with Crippen molar-refractivity contribution < 1.29 is 28.5 Å². The molecule has 0 heterocycles. The number of halogens is 1. The fourth-order valence-corrected chi connectivity index (χ4v) is 4.91. The minimum atomic E-state index is -0.810. The van der Waals surface area contributed by atoms with Crippen LogP contribution in [0.3, 0.4) is 0 Å². The molecule has 0 fully saturated rings. The summed E-state index contributed by atoms with van der Waals surface area (Å²) < 4.78 is 32.5. The van der Waals surface area contributed by atoms with Crippen molar-refractivity contribution in [3.05, 3.63) is 95.8 Å². The van der Waals surface area contributed by atoms with Gasteiger partial charge in [0.2, 0.25) is 0 Å². The zero-order chi connectivity index (χ0) is 28.6. The quantitative estimate of drug-likeness (QED) is 0.211. The number of aliphatic carboxylic acids is 1. The van der Waals surface area contributed by atoms with Gasteiger partial charge in [0, 0.05) is 18.1 Å². The Morgan fingerprint density at radius 2 is 1.82 bits per heavy atom. The van der Waals surface area contributed by atoms with Gasteiger partial charge in [0.05, 0.1) is 19.6 Å². The summed E-state index contributed by atoms with van der Waals surface area (Å²) in [7, 11) is 3.19. The Kier molecular flexibility index (Phi) is 10.3. The molecule has 0 aromatic heterocycles. The lowest BCUT2D eigenvalue weighted by Crippen LogP contribution is -2.22. The predicted octanol–water partition coefficient (Wildman–Crippen LogP) is 8.34. The minimum absolute atomic E-state index is 0.0664. The maximum atomic E-state index is 15.0. The van der Waals surface area contributed by atoms with Gasteiger partial charge in [0.1, 0.15) is 23.9 Å². The topological polar surface area (TPSA) is 65.0 Å². The van der Waals surface area contributed by atoms with Crippen molar-refractivity contribution in [2.24, 2.45) is 5.41 Å². The molecule has 5 nitrogen and oxygen atoms in total. The summed E-state index contributed by atoms with van der Waals surface area (Å²) in [5, 5.41) is 9.33. The van der Waals surface area contributed by atoms with E-state index in [4.69, 9.17) is 14.2 Å². The lowest BCUT2D eigenvalue weighted by atomic mass is 9.79.